The molecule has 1 aliphatic rings. The van der Waals surface area contributed by atoms with E-state index in [9.17, 15) is 8.42 Å². The lowest BCUT2D eigenvalue weighted by molar-refractivity contribution is 0.410. The van der Waals surface area contributed by atoms with Crippen molar-refractivity contribution >= 4 is 10.0 Å². The summed E-state index contributed by atoms with van der Waals surface area (Å²) in [6.45, 7) is 3.01. The van der Waals surface area contributed by atoms with Crippen LogP contribution in [0.1, 0.15) is 19.8 Å². The highest BCUT2D eigenvalue weighted by Crippen LogP contribution is 2.31. The van der Waals surface area contributed by atoms with Crippen molar-refractivity contribution in [3.8, 4) is 0 Å². The Balaban J connectivity index is 2.18. The van der Waals surface area contributed by atoms with Crippen molar-refractivity contribution in [2.24, 2.45) is 5.92 Å². The van der Waals surface area contributed by atoms with Gasteiger partial charge in [0.05, 0.1) is 12.5 Å². The third-order valence-electron chi connectivity index (χ3n) is 2.60. The van der Waals surface area contributed by atoms with Crippen LogP contribution in [0.5, 0.6) is 0 Å². The third-order valence-corrected chi connectivity index (χ3v) is 4.47. The van der Waals surface area contributed by atoms with Gasteiger partial charge in [0.2, 0.25) is 0 Å². The van der Waals surface area contributed by atoms with Gasteiger partial charge < -0.3 is 4.98 Å². The van der Waals surface area contributed by atoms with Gasteiger partial charge in [-0.15, -0.1) is 0 Å². The molecule has 0 aromatic carbocycles. The van der Waals surface area contributed by atoms with E-state index in [0.29, 0.717) is 19.0 Å². The summed E-state index contributed by atoms with van der Waals surface area (Å²) in [5.41, 5.74) is 0. The predicted octanol–water partition coefficient (Wildman–Crippen LogP) is 0.830. The summed E-state index contributed by atoms with van der Waals surface area (Å²) in [6.07, 6.45) is 5.03. The van der Waals surface area contributed by atoms with Crippen molar-refractivity contribution in [2.45, 2.75) is 24.8 Å². The van der Waals surface area contributed by atoms with Crippen LogP contribution < -0.4 is 0 Å². The van der Waals surface area contributed by atoms with Crippen LogP contribution in [0.4, 0.5) is 0 Å². The Morgan fingerprint density at radius 3 is 2.80 bits per heavy atom. The summed E-state index contributed by atoms with van der Waals surface area (Å²) >= 11 is 0. The average Bonchev–Trinajstić information content (AvgIpc) is 2.83. The number of aromatic amines is 1. The minimum Gasteiger partial charge on any atom is -0.335 e. The van der Waals surface area contributed by atoms with E-state index in [1.165, 1.54) is 16.8 Å². The van der Waals surface area contributed by atoms with Gasteiger partial charge in [0, 0.05) is 13.1 Å². The smallest absolute Gasteiger partial charge is 0.260 e. The summed E-state index contributed by atoms with van der Waals surface area (Å²) in [5.74, 6) is 0.558. The molecule has 1 aliphatic carbocycles. The molecule has 0 radical (unpaired) electrons. The standard InChI is InChI=1S/C9H15N3O2S/c1-2-12(6-8-3-4-8)15(13,14)9-5-10-7-11-9/h5,7-8H,2-4,6H2,1H3,(H,10,11). The van der Waals surface area contributed by atoms with Gasteiger partial charge in [-0.25, -0.2) is 13.4 Å². The molecule has 0 amide bonds. The van der Waals surface area contributed by atoms with Crippen LogP contribution in [0, 0.1) is 5.92 Å². The molecule has 0 saturated heterocycles. The Hall–Kier alpha value is -0.880. The van der Waals surface area contributed by atoms with Crippen molar-refractivity contribution in [1.29, 1.82) is 0 Å². The molecule has 6 heteroatoms. The van der Waals surface area contributed by atoms with Crippen LogP contribution in [0.3, 0.4) is 0 Å². The molecular formula is C9H15N3O2S. The van der Waals surface area contributed by atoms with Gasteiger partial charge in [0.15, 0.2) is 5.03 Å². The van der Waals surface area contributed by atoms with E-state index in [1.54, 1.807) is 0 Å². The Morgan fingerprint density at radius 2 is 2.33 bits per heavy atom. The number of imidazole rings is 1. The summed E-state index contributed by atoms with van der Waals surface area (Å²) in [6, 6.07) is 0. The minimum absolute atomic E-state index is 0.185. The van der Waals surface area contributed by atoms with Crippen LogP contribution in [-0.2, 0) is 10.0 Å². The predicted molar refractivity (Wildman–Crippen MR) is 55.7 cm³/mol. The van der Waals surface area contributed by atoms with E-state index in [0.717, 1.165) is 12.8 Å². The first-order chi connectivity index (χ1) is 7.14. The van der Waals surface area contributed by atoms with E-state index in [4.69, 9.17) is 0 Å². The summed E-state index contributed by atoms with van der Waals surface area (Å²) in [4.78, 5) is 6.38. The molecule has 1 fully saturated rings. The van der Waals surface area contributed by atoms with Gasteiger partial charge in [-0.2, -0.15) is 4.31 Å². The Kier molecular flexibility index (Phi) is 2.79. The van der Waals surface area contributed by atoms with Crippen LogP contribution in [0.25, 0.3) is 0 Å². The first kappa shape index (κ1) is 10.6. The summed E-state index contributed by atoms with van der Waals surface area (Å²) < 4.78 is 25.6. The number of nitrogens with zero attached hydrogens (tertiary/aromatic N) is 2. The quantitative estimate of drug-likeness (QED) is 0.813. The maximum atomic E-state index is 12.0. The lowest BCUT2D eigenvalue weighted by atomic mass is 10.4. The Labute approximate surface area is 89.6 Å². The fourth-order valence-corrected chi connectivity index (χ4v) is 2.93. The van der Waals surface area contributed by atoms with E-state index in [1.807, 2.05) is 6.92 Å². The molecule has 15 heavy (non-hydrogen) atoms. The van der Waals surface area contributed by atoms with Gasteiger partial charge in [0.25, 0.3) is 10.0 Å². The van der Waals surface area contributed by atoms with Crippen LogP contribution in [0.2, 0.25) is 0 Å². The van der Waals surface area contributed by atoms with Crippen LogP contribution >= 0.6 is 0 Å². The van der Waals surface area contributed by atoms with Crippen LogP contribution in [-0.4, -0.2) is 35.8 Å². The normalized spacial score (nSPS) is 17.2. The van der Waals surface area contributed by atoms with Crippen molar-refractivity contribution in [1.82, 2.24) is 14.3 Å². The Bertz CT molecular complexity index is 409. The molecule has 2 rings (SSSR count). The Morgan fingerprint density at radius 1 is 1.60 bits per heavy atom. The molecule has 1 N–H and O–H groups in total. The number of aromatic nitrogens is 2. The van der Waals surface area contributed by atoms with Gasteiger partial charge >= 0.3 is 0 Å². The van der Waals surface area contributed by atoms with E-state index in [2.05, 4.69) is 9.97 Å². The highest BCUT2D eigenvalue weighted by Gasteiger charge is 2.31. The molecule has 0 bridgehead atoms. The van der Waals surface area contributed by atoms with Gasteiger partial charge in [-0.05, 0) is 18.8 Å². The van der Waals surface area contributed by atoms with Crippen molar-refractivity contribution < 1.29 is 8.42 Å². The van der Waals surface area contributed by atoms with Crippen molar-refractivity contribution in [3.63, 3.8) is 0 Å². The number of hydrogen-bond donors (Lipinski definition) is 1. The maximum absolute atomic E-state index is 12.0. The molecule has 1 saturated carbocycles. The molecule has 84 valence electrons. The highest BCUT2D eigenvalue weighted by molar-refractivity contribution is 7.89. The molecular weight excluding hydrogens is 214 g/mol. The fraction of sp³-hybridized carbons (Fsp3) is 0.667. The van der Waals surface area contributed by atoms with Gasteiger partial charge in [-0.3, -0.25) is 0 Å². The van der Waals surface area contributed by atoms with E-state index >= 15 is 0 Å². The average molecular weight is 229 g/mol. The summed E-state index contributed by atoms with van der Waals surface area (Å²) in [7, 11) is -3.35. The molecule has 0 spiro atoms. The number of rotatable bonds is 5. The van der Waals surface area contributed by atoms with Crippen molar-refractivity contribution in [3.05, 3.63) is 12.5 Å². The zero-order valence-corrected chi connectivity index (χ0v) is 9.50. The lowest BCUT2D eigenvalue weighted by Crippen LogP contribution is -2.32. The monoisotopic (exact) mass is 229 g/mol. The molecule has 0 atom stereocenters. The largest absolute Gasteiger partial charge is 0.335 e. The third kappa shape index (κ3) is 2.21. The fourth-order valence-electron chi connectivity index (χ4n) is 1.51. The highest BCUT2D eigenvalue weighted by atomic mass is 32.2. The minimum atomic E-state index is -3.35. The molecule has 1 heterocycles. The zero-order valence-electron chi connectivity index (χ0n) is 8.68. The maximum Gasteiger partial charge on any atom is 0.260 e. The SMILES string of the molecule is CCN(CC1CC1)S(=O)(=O)c1cnc[nH]1. The number of nitrogens with one attached hydrogen (secondary N) is 1. The van der Waals surface area contributed by atoms with E-state index < -0.39 is 10.0 Å². The summed E-state index contributed by atoms with van der Waals surface area (Å²) in [5, 5.41) is 0.185. The molecule has 1 aromatic heterocycles. The first-order valence-electron chi connectivity index (χ1n) is 5.13. The molecule has 0 unspecified atom stereocenters. The lowest BCUT2D eigenvalue weighted by Gasteiger charge is -2.18. The van der Waals surface area contributed by atoms with Crippen molar-refractivity contribution in [2.75, 3.05) is 13.1 Å². The second-order valence-corrected chi connectivity index (χ2v) is 5.72. The molecule has 1 aromatic rings. The second-order valence-electron chi connectivity index (χ2n) is 3.81. The second kappa shape index (κ2) is 3.94. The first-order valence-corrected chi connectivity index (χ1v) is 6.57. The number of sulfonamides is 1. The number of H-pyrrole nitrogens is 1. The topological polar surface area (TPSA) is 66.1 Å². The van der Waals surface area contributed by atoms with Crippen LogP contribution in [0.15, 0.2) is 17.6 Å². The zero-order chi connectivity index (χ0) is 10.9. The molecule has 0 aliphatic heterocycles. The van der Waals surface area contributed by atoms with E-state index in [-0.39, 0.29) is 5.03 Å². The number of hydrogen-bond acceptors (Lipinski definition) is 3. The van der Waals surface area contributed by atoms with Gasteiger partial charge in [-0.1, -0.05) is 6.92 Å². The van der Waals surface area contributed by atoms with Gasteiger partial charge in [0.1, 0.15) is 0 Å². The molecule has 5 nitrogen and oxygen atoms in total.